The Morgan fingerprint density at radius 3 is 0.875 bits per heavy atom. The highest BCUT2D eigenvalue weighted by atomic mass is 32.2. The second-order valence-corrected chi connectivity index (χ2v) is 32.4. The van der Waals surface area contributed by atoms with Gasteiger partial charge in [-0.1, -0.05) is 166 Å². The van der Waals surface area contributed by atoms with Gasteiger partial charge in [-0.25, -0.2) is 0 Å². The number of carbonyl (C=O) groups is 4. The van der Waals surface area contributed by atoms with Gasteiger partial charge in [0.05, 0.1) is 0 Å². The van der Waals surface area contributed by atoms with Crippen LogP contribution in [0.3, 0.4) is 0 Å². The number of thioether (sulfide) groups is 2. The van der Waals surface area contributed by atoms with Crippen molar-refractivity contribution < 1.29 is 19.2 Å². The fraction of sp³-hybridized carbons (Fsp3) is 0.931. The summed E-state index contributed by atoms with van der Waals surface area (Å²) < 4.78 is 0.367. The van der Waals surface area contributed by atoms with Crippen LogP contribution in [-0.4, -0.2) is 44.1 Å². The molecular weight excluding hydrogens is 825 g/mol. The van der Waals surface area contributed by atoms with Crippen molar-refractivity contribution in [1.82, 2.24) is 0 Å². The Hall–Kier alpha value is -0.620. The minimum absolute atomic E-state index is 0.168. The molecule has 6 heteroatoms. The minimum Gasteiger partial charge on any atom is -0.300 e. The van der Waals surface area contributed by atoms with Gasteiger partial charge in [0.1, 0.15) is 23.1 Å². The lowest BCUT2D eigenvalue weighted by atomic mass is 9.64. The molecule has 4 nitrogen and oxygen atoms in total. The highest BCUT2D eigenvalue weighted by Gasteiger charge is 2.36. The molecule has 0 spiro atoms. The Morgan fingerprint density at radius 2 is 0.594 bits per heavy atom. The van der Waals surface area contributed by atoms with Gasteiger partial charge in [-0.3, -0.25) is 19.2 Å². The van der Waals surface area contributed by atoms with Crippen molar-refractivity contribution in [3.05, 3.63) is 0 Å². The van der Waals surface area contributed by atoms with Crippen LogP contribution in [-0.2, 0) is 19.2 Å². The van der Waals surface area contributed by atoms with Crippen LogP contribution < -0.4 is 0 Å². The minimum atomic E-state index is 0.168. The van der Waals surface area contributed by atoms with Crippen LogP contribution in [0.4, 0.5) is 0 Å². The van der Waals surface area contributed by atoms with Crippen LogP contribution in [0, 0.1) is 56.2 Å². The lowest BCUT2D eigenvalue weighted by Crippen LogP contribution is -2.33. The number of ketones is 4. The van der Waals surface area contributed by atoms with Gasteiger partial charge in [0.15, 0.2) is 0 Å². The first-order valence-corrected chi connectivity index (χ1v) is 27.7. The van der Waals surface area contributed by atoms with E-state index in [0.717, 1.165) is 62.9 Å². The molecule has 0 radical (unpaired) electrons. The Kier molecular flexibility index (Phi) is 28.8. The summed E-state index contributed by atoms with van der Waals surface area (Å²) in [5.74, 6) is 5.04. The molecule has 0 amide bonds. The zero-order chi connectivity index (χ0) is 50.8. The Morgan fingerprint density at radius 1 is 0.344 bits per heavy atom. The number of hydrogen-bond acceptors (Lipinski definition) is 6. The molecule has 0 saturated heterocycles. The smallest absolute Gasteiger partial charge is 0.133 e. The highest BCUT2D eigenvalue weighted by Crippen LogP contribution is 2.44. The topological polar surface area (TPSA) is 68.3 Å². The number of hydrogen-bond donors (Lipinski definition) is 0. The summed E-state index contributed by atoms with van der Waals surface area (Å²) in [5, 5.41) is 0. The predicted octanol–water partition coefficient (Wildman–Crippen LogP) is 18.3. The zero-order valence-corrected chi connectivity index (χ0v) is 49.1. The van der Waals surface area contributed by atoms with E-state index < -0.39 is 0 Å². The molecule has 0 aliphatic rings. The second kappa shape index (κ2) is 28.1. The summed E-state index contributed by atoms with van der Waals surface area (Å²) in [6.45, 7) is 54.3. The van der Waals surface area contributed by atoms with E-state index in [1.54, 1.807) is 0 Å². The summed E-state index contributed by atoms with van der Waals surface area (Å²) in [6.07, 6.45) is 12.9. The first-order chi connectivity index (χ1) is 28.4. The van der Waals surface area contributed by atoms with Gasteiger partial charge < -0.3 is 0 Å². The Labute approximate surface area is 409 Å². The van der Waals surface area contributed by atoms with Gasteiger partial charge in [0, 0.05) is 60.9 Å². The van der Waals surface area contributed by atoms with Gasteiger partial charge in [0.2, 0.25) is 0 Å². The third-order valence-electron chi connectivity index (χ3n) is 12.6. The molecule has 0 aliphatic carbocycles. The number of carbonyl (C=O) groups excluding carboxylic acids is 4. The standard InChI is InChI=1S/C33H64O2S.C25H48O2S/c1-29(2,3)27(30(4,5)6)20-18-25(34)17-16-24(23-36-33(13,14)15)22-26(35)19-21-28(31(7,8)9)32(10,11)12;1-23(2,3)16-10-12-21(26)15-14-20(19-28-25(7,8)9)18-22(27)13-11-17-24(4,5)6/h24,27-28H,16-23H2,1-15H3;20H,10-19H2,1-9H3. The molecule has 0 N–H and O–H groups in total. The zero-order valence-electron chi connectivity index (χ0n) is 47.5. The van der Waals surface area contributed by atoms with Crippen LogP contribution >= 0.6 is 23.5 Å². The van der Waals surface area contributed by atoms with E-state index in [4.69, 9.17) is 0 Å². The maximum atomic E-state index is 13.1. The van der Waals surface area contributed by atoms with Crippen molar-refractivity contribution in [2.75, 3.05) is 11.5 Å². The van der Waals surface area contributed by atoms with E-state index in [9.17, 15) is 19.2 Å². The molecule has 0 bridgehead atoms. The summed E-state index contributed by atoms with van der Waals surface area (Å²) in [5.41, 5.74) is 1.34. The monoisotopic (exact) mass is 937 g/mol. The summed E-state index contributed by atoms with van der Waals surface area (Å²) in [7, 11) is 0. The average molecular weight is 938 g/mol. The Balaban J connectivity index is 0. The summed E-state index contributed by atoms with van der Waals surface area (Å²) in [6, 6.07) is 0. The van der Waals surface area contributed by atoms with Gasteiger partial charge in [-0.2, -0.15) is 23.5 Å². The van der Waals surface area contributed by atoms with Crippen molar-refractivity contribution >= 4 is 46.7 Å². The van der Waals surface area contributed by atoms with Crippen LogP contribution in [0.5, 0.6) is 0 Å². The largest absolute Gasteiger partial charge is 0.300 e. The van der Waals surface area contributed by atoms with Crippen molar-refractivity contribution in [2.24, 2.45) is 56.2 Å². The molecule has 64 heavy (non-hydrogen) atoms. The molecule has 380 valence electrons. The molecule has 0 aromatic heterocycles. The van der Waals surface area contributed by atoms with Crippen LogP contribution in [0.25, 0.3) is 0 Å². The number of Topliss-reactive ketones (excluding diaryl/α,β-unsaturated/α-hetero) is 4. The molecule has 0 saturated carbocycles. The molecule has 2 unspecified atom stereocenters. The number of rotatable bonds is 26. The molecule has 0 aliphatic heterocycles. The van der Waals surface area contributed by atoms with E-state index in [-0.39, 0.29) is 37.1 Å². The summed E-state index contributed by atoms with van der Waals surface area (Å²) >= 11 is 3.85. The molecule has 0 heterocycles. The third kappa shape index (κ3) is 37.4. The molecule has 0 aromatic rings. The van der Waals surface area contributed by atoms with E-state index in [1.807, 2.05) is 23.5 Å². The fourth-order valence-corrected chi connectivity index (χ4v) is 11.7. The van der Waals surface area contributed by atoms with Crippen LogP contribution in [0.1, 0.15) is 269 Å². The molecular formula is C58H112O4S2. The highest BCUT2D eigenvalue weighted by molar-refractivity contribution is 8.00. The van der Waals surface area contributed by atoms with Gasteiger partial charge >= 0.3 is 0 Å². The Bertz CT molecular complexity index is 1310. The third-order valence-corrected chi connectivity index (χ3v) is 15.6. The van der Waals surface area contributed by atoms with Crippen molar-refractivity contribution in [2.45, 2.75) is 278 Å². The maximum Gasteiger partial charge on any atom is 0.133 e. The van der Waals surface area contributed by atoms with Crippen LogP contribution in [0.2, 0.25) is 0 Å². The van der Waals surface area contributed by atoms with Gasteiger partial charge in [-0.15, -0.1) is 0 Å². The van der Waals surface area contributed by atoms with E-state index in [0.29, 0.717) is 103 Å². The normalized spacial score (nSPS) is 14.7. The van der Waals surface area contributed by atoms with Crippen molar-refractivity contribution in [3.63, 3.8) is 0 Å². The molecule has 0 fully saturated rings. The first kappa shape index (κ1) is 65.5. The summed E-state index contributed by atoms with van der Waals surface area (Å²) in [4.78, 5) is 50.9. The SMILES string of the molecule is CC(C)(C)CCCC(=O)CCC(CSC(C)(C)C)CC(=O)CCCC(C)(C)C.CC(C)(C)SCC(CCC(=O)CCC(C(C)(C)C)C(C)(C)C)CC(=O)CCC(C(C)(C)C)C(C)(C)C. The van der Waals surface area contributed by atoms with E-state index in [2.05, 4.69) is 166 Å². The van der Waals surface area contributed by atoms with Gasteiger partial charge in [0.25, 0.3) is 0 Å². The molecule has 0 aromatic carbocycles. The van der Waals surface area contributed by atoms with E-state index in [1.165, 1.54) is 0 Å². The van der Waals surface area contributed by atoms with Gasteiger partial charge in [-0.05, 0) is 119 Å². The molecule has 2 atom stereocenters. The lowest BCUT2D eigenvalue weighted by Gasteiger charge is -2.41. The predicted molar refractivity (Wildman–Crippen MR) is 289 cm³/mol. The van der Waals surface area contributed by atoms with Crippen molar-refractivity contribution in [3.8, 4) is 0 Å². The first-order valence-electron chi connectivity index (χ1n) is 25.8. The maximum absolute atomic E-state index is 13.1. The lowest BCUT2D eigenvalue weighted by molar-refractivity contribution is -0.122. The van der Waals surface area contributed by atoms with Crippen LogP contribution in [0.15, 0.2) is 0 Å². The second-order valence-electron chi connectivity index (χ2n) is 28.7. The molecule has 0 rings (SSSR count). The quantitative estimate of drug-likeness (QED) is 0.0861. The average Bonchev–Trinajstić information content (AvgIpc) is 3.03. The van der Waals surface area contributed by atoms with E-state index >= 15 is 0 Å². The van der Waals surface area contributed by atoms with Crippen molar-refractivity contribution in [1.29, 1.82) is 0 Å². The fourth-order valence-electron chi connectivity index (χ4n) is 9.63.